The van der Waals surface area contributed by atoms with Crippen molar-refractivity contribution in [3.8, 4) is 0 Å². The Morgan fingerprint density at radius 3 is 1.24 bits per heavy atom. The van der Waals surface area contributed by atoms with Crippen LogP contribution in [-0.2, 0) is 19.2 Å². The van der Waals surface area contributed by atoms with Gasteiger partial charge < -0.3 is 44.9 Å². The van der Waals surface area contributed by atoms with Crippen LogP contribution in [0.3, 0.4) is 0 Å². The van der Waals surface area contributed by atoms with Gasteiger partial charge in [0, 0.05) is 24.8 Å². The second kappa shape index (κ2) is 6.43. The molecule has 0 aliphatic carbocycles. The quantitative estimate of drug-likeness (QED) is 0.435. The molecule has 0 aromatic rings. The number of aliphatic carboxylic acids is 4. The van der Waals surface area contributed by atoms with Crippen LogP contribution >= 0.6 is 0 Å². The lowest BCUT2D eigenvalue weighted by Gasteiger charge is -2.27. The van der Waals surface area contributed by atoms with E-state index in [0.717, 1.165) is 0 Å². The van der Waals surface area contributed by atoms with Crippen LogP contribution in [0.1, 0.15) is 12.8 Å². The van der Waals surface area contributed by atoms with E-state index in [1.807, 2.05) is 0 Å². The molecular weight excluding hydrogens is 238 g/mol. The summed E-state index contributed by atoms with van der Waals surface area (Å²) < 4.78 is 0. The fourth-order valence-electron chi connectivity index (χ4n) is 0.997. The molecule has 0 saturated carbocycles. The van der Waals surface area contributed by atoms with Gasteiger partial charge in [-0.1, -0.05) is 0 Å². The summed E-state index contributed by atoms with van der Waals surface area (Å²) in [4.78, 5) is 41.2. The predicted octanol–water partition coefficient (Wildman–Crippen LogP) is -6.91. The Balaban J connectivity index is 4.67. The molecule has 0 saturated heterocycles. The van der Waals surface area contributed by atoms with Crippen molar-refractivity contribution in [3.63, 3.8) is 0 Å². The van der Waals surface area contributed by atoms with E-state index in [1.165, 1.54) is 0 Å². The van der Waals surface area contributed by atoms with Crippen molar-refractivity contribution < 1.29 is 39.6 Å². The Bertz CT molecular complexity index is 306. The molecule has 0 bridgehead atoms. The molecular formula is C8H7NO8-4. The highest BCUT2D eigenvalue weighted by Crippen LogP contribution is 1.96. The van der Waals surface area contributed by atoms with Gasteiger partial charge in [-0.15, -0.1) is 0 Å². The maximum absolute atomic E-state index is 10.4. The Labute approximate surface area is 94.7 Å². The van der Waals surface area contributed by atoms with Crippen LogP contribution in [0.4, 0.5) is 0 Å². The highest BCUT2D eigenvalue weighted by atomic mass is 16.4. The maximum Gasteiger partial charge on any atom is 0.0588 e. The van der Waals surface area contributed by atoms with Gasteiger partial charge in [-0.25, -0.2) is 0 Å². The van der Waals surface area contributed by atoms with Crippen LogP contribution in [0.5, 0.6) is 0 Å². The van der Waals surface area contributed by atoms with E-state index in [2.05, 4.69) is 0 Å². The summed E-state index contributed by atoms with van der Waals surface area (Å²) >= 11 is 0. The molecule has 2 unspecified atom stereocenters. The molecule has 0 aromatic carbocycles. The van der Waals surface area contributed by atoms with Gasteiger partial charge >= 0.3 is 0 Å². The molecule has 0 aliphatic rings. The third kappa shape index (κ3) is 6.10. The Hall–Kier alpha value is -2.16. The summed E-state index contributed by atoms with van der Waals surface area (Å²) in [6, 6.07) is -3.80. The molecule has 0 radical (unpaired) electrons. The number of hydrogen-bond donors (Lipinski definition) is 1. The molecule has 0 rings (SSSR count). The van der Waals surface area contributed by atoms with Gasteiger partial charge in [0.15, 0.2) is 0 Å². The van der Waals surface area contributed by atoms with Crippen molar-refractivity contribution in [1.29, 1.82) is 0 Å². The van der Waals surface area contributed by atoms with E-state index in [1.54, 1.807) is 5.32 Å². The minimum atomic E-state index is -1.90. The summed E-state index contributed by atoms with van der Waals surface area (Å²) in [6.07, 6.45) is -2.14. The average Bonchev–Trinajstić information content (AvgIpc) is 2.13. The van der Waals surface area contributed by atoms with Crippen molar-refractivity contribution in [1.82, 2.24) is 5.32 Å². The molecule has 0 aromatic heterocycles. The maximum atomic E-state index is 10.4. The summed E-state index contributed by atoms with van der Waals surface area (Å²) in [7, 11) is 0. The molecule has 1 N–H and O–H groups in total. The smallest absolute Gasteiger partial charge is 0.0588 e. The van der Waals surface area contributed by atoms with Gasteiger partial charge in [0.25, 0.3) is 0 Å². The molecule has 0 spiro atoms. The molecule has 9 nitrogen and oxygen atoms in total. The number of carbonyl (C=O) groups is 4. The normalized spacial score (nSPS) is 13.6. The minimum Gasteiger partial charge on any atom is -0.550 e. The number of nitrogens with one attached hydrogen (secondary N) is 1. The fraction of sp³-hybridized carbons (Fsp3) is 0.500. The lowest BCUT2D eigenvalue weighted by molar-refractivity contribution is -0.322. The van der Waals surface area contributed by atoms with E-state index < -0.39 is 48.8 Å². The average molecular weight is 245 g/mol. The second-order valence-corrected chi connectivity index (χ2v) is 3.06. The van der Waals surface area contributed by atoms with Gasteiger partial charge in [0.2, 0.25) is 0 Å². The number of carboxylic acid groups (broad SMARTS) is 4. The van der Waals surface area contributed by atoms with Gasteiger partial charge in [0.05, 0.1) is 24.0 Å². The minimum absolute atomic E-state index is 1.07. The fourth-order valence-corrected chi connectivity index (χ4v) is 0.997. The summed E-state index contributed by atoms with van der Waals surface area (Å²) in [5.41, 5.74) is 0. The summed E-state index contributed by atoms with van der Waals surface area (Å²) in [6.45, 7) is 0. The first-order valence-corrected chi connectivity index (χ1v) is 4.31. The van der Waals surface area contributed by atoms with Gasteiger partial charge in [-0.05, 0) is 0 Å². The predicted molar refractivity (Wildman–Crippen MR) is 40.0 cm³/mol. The summed E-state index contributed by atoms with van der Waals surface area (Å²) in [5, 5.41) is 42.9. The van der Waals surface area contributed by atoms with E-state index in [4.69, 9.17) is 0 Å². The zero-order chi connectivity index (χ0) is 13.6. The number of rotatable bonds is 8. The molecule has 9 heteroatoms. The van der Waals surface area contributed by atoms with E-state index >= 15 is 0 Å². The SMILES string of the molecule is O=C([O-])CC(NC(CC(=O)[O-])C(=O)[O-])C(=O)[O-]. The molecule has 0 amide bonds. The van der Waals surface area contributed by atoms with Crippen LogP contribution in [0.25, 0.3) is 0 Å². The molecule has 17 heavy (non-hydrogen) atoms. The first-order valence-electron chi connectivity index (χ1n) is 4.31. The van der Waals surface area contributed by atoms with Crippen LogP contribution in [0, 0.1) is 0 Å². The molecule has 0 heterocycles. The van der Waals surface area contributed by atoms with Gasteiger partial charge in [-0.2, -0.15) is 0 Å². The Morgan fingerprint density at radius 2 is 1.06 bits per heavy atom. The molecule has 0 aliphatic heterocycles. The van der Waals surface area contributed by atoms with Crippen molar-refractivity contribution in [2.45, 2.75) is 24.9 Å². The van der Waals surface area contributed by atoms with Crippen LogP contribution in [0.15, 0.2) is 0 Å². The van der Waals surface area contributed by atoms with Crippen molar-refractivity contribution in [2.75, 3.05) is 0 Å². The van der Waals surface area contributed by atoms with Crippen molar-refractivity contribution >= 4 is 23.9 Å². The number of carbonyl (C=O) groups excluding carboxylic acids is 4. The van der Waals surface area contributed by atoms with Crippen molar-refractivity contribution in [2.24, 2.45) is 0 Å². The van der Waals surface area contributed by atoms with E-state index in [9.17, 15) is 39.6 Å². The zero-order valence-electron chi connectivity index (χ0n) is 8.33. The standard InChI is InChI=1S/C8H11NO8/c10-5(11)1-3(7(14)15)9-4(8(16)17)2-6(12)13/h3-4,9H,1-2H2,(H,10,11)(H,12,13)(H,14,15)(H,16,17)/p-4. The van der Waals surface area contributed by atoms with E-state index in [-0.39, 0.29) is 0 Å². The lowest BCUT2D eigenvalue weighted by Crippen LogP contribution is -2.57. The first kappa shape index (κ1) is 14.8. The number of hydrogen-bond acceptors (Lipinski definition) is 9. The molecule has 96 valence electrons. The Kier molecular flexibility index (Phi) is 5.61. The molecule has 2 atom stereocenters. The zero-order valence-corrected chi connectivity index (χ0v) is 8.33. The van der Waals surface area contributed by atoms with Crippen LogP contribution in [0.2, 0.25) is 0 Å². The topological polar surface area (TPSA) is 173 Å². The van der Waals surface area contributed by atoms with E-state index in [0.29, 0.717) is 0 Å². The Morgan fingerprint density at radius 1 is 0.765 bits per heavy atom. The molecule has 0 fully saturated rings. The largest absolute Gasteiger partial charge is 0.550 e. The highest BCUT2D eigenvalue weighted by Gasteiger charge is 2.17. The van der Waals surface area contributed by atoms with Crippen LogP contribution < -0.4 is 25.7 Å². The second-order valence-electron chi connectivity index (χ2n) is 3.06. The highest BCUT2D eigenvalue weighted by molar-refractivity contribution is 5.82. The van der Waals surface area contributed by atoms with Gasteiger partial charge in [0.1, 0.15) is 0 Å². The van der Waals surface area contributed by atoms with Gasteiger partial charge in [-0.3, -0.25) is 0 Å². The van der Waals surface area contributed by atoms with Crippen molar-refractivity contribution in [3.05, 3.63) is 0 Å². The third-order valence-electron chi connectivity index (χ3n) is 1.71. The lowest BCUT2D eigenvalue weighted by atomic mass is 10.1. The third-order valence-corrected chi connectivity index (χ3v) is 1.71. The number of carboxylic acids is 4. The monoisotopic (exact) mass is 245 g/mol. The summed E-state index contributed by atoms with van der Waals surface area (Å²) in [5.74, 6) is -7.34. The van der Waals surface area contributed by atoms with Crippen LogP contribution in [-0.4, -0.2) is 36.0 Å². The first-order chi connectivity index (χ1) is 7.73.